The molecule has 0 amide bonds. The molecule has 0 saturated heterocycles. The van der Waals surface area contributed by atoms with Crippen molar-refractivity contribution >= 4 is 16.6 Å². The number of aromatic nitrogens is 1. The second-order valence-electron chi connectivity index (χ2n) is 5.84. The lowest BCUT2D eigenvalue weighted by atomic mass is 10.1. The lowest BCUT2D eigenvalue weighted by molar-refractivity contribution is 0.173. The number of H-pyrrole nitrogens is 1. The molecule has 0 atom stereocenters. The second kappa shape index (κ2) is 5.34. The molecule has 2 aliphatic heterocycles. The van der Waals surface area contributed by atoms with E-state index in [1.165, 1.54) is 0 Å². The van der Waals surface area contributed by atoms with Gasteiger partial charge in [-0.1, -0.05) is 0 Å². The van der Waals surface area contributed by atoms with Gasteiger partial charge < -0.3 is 29.2 Å². The van der Waals surface area contributed by atoms with Crippen LogP contribution in [0.3, 0.4) is 0 Å². The topological polar surface area (TPSA) is 81.8 Å². The quantitative estimate of drug-likeness (QED) is 0.764. The third-order valence-electron chi connectivity index (χ3n) is 4.27. The molecule has 2 N–H and O–H groups in total. The summed E-state index contributed by atoms with van der Waals surface area (Å²) in [6, 6.07) is 11.1. The fourth-order valence-electron chi connectivity index (χ4n) is 2.98. The van der Waals surface area contributed by atoms with Crippen LogP contribution in [0, 0.1) is 0 Å². The number of rotatable bonds is 3. The molecule has 7 nitrogen and oxygen atoms in total. The van der Waals surface area contributed by atoms with E-state index >= 15 is 0 Å². The van der Waals surface area contributed by atoms with Crippen LogP contribution in [-0.4, -0.2) is 18.6 Å². The Morgan fingerprint density at radius 3 is 2.44 bits per heavy atom. The first-order valence-electron chi connectivity index (χ1n) is 7.85. The predicted octanol–water partition coefficient (Wildman–Crippen LogP) is 2.60. The summed E-state index contributed by atoms with van der Waals surface area (Å²) in [7, 11) is 0. The molecule has 0 radical (unpaired) electrons. The second-order valence-corrected chi connectivity index (χ2v) is 5.84. The number of nitrogens with one attached hydrogen (secondary N) is 2. The zero-order valence-corrected chi connectivity index (χ0v) is 13.1. The lowest BCUT2D eigenvalue weighted by Crippen LogP contribution is -2.15. The van der Waals surface area contributed by atoms with Crippen LogP contribution >= 0.6 is 0 Å². The van der Waals surface area contributed by atoms with Crippen molar-refractivity contribution in [1.82, 2.24) is 4.98 Å². The number of ether oxygens (including phenoxy) is 4. The van der Waals surface area contributed by atoms with Crippen molar-refractivity contribution < 1.29 is 18.9 Å². The van der Waals surface area contributed by atoms with Gasteiger partial charge in [-0.15, -0.1) is 0 Å². The third-order valence-corrected chi connectivity index (χ3v) is 4.27. The van der Waals surface area contributed by atoms with Gasteiger partial charge in [0.25, 0.3) is 5.56 Å². The van der Waals surface area contributed by atoms with E-state index in [1.54, 1.807) is 6.07 Å². The molecule has 0 unspecified atom stereocenters. The van der Waals surface area contributed by atoms with Crippen molar-refractivity contribution in [3.63, 3.8) is 0 Å². The smallest absolute Gasteiger partial charge is 0.253 e. The molecular weight excluding hydrogens is 324 g/mol. The summed E-state index contributed by atoms with van der Waals surface area (Å²) in [5, 5.41) is 4.13. The molecule has 0 spiro atoms. The summed E-state index contributed by atoms with van der Waals surface area (Å²) in [6.45, 7) is 0.826. The molecule has 0 aliphatic carbocycles. The Balaban J connectivity index is 1.43. The summed E-state index contributed by atoms with van der Waals surface area (Å²) >= 11 is 0. The summed E-state index contributed by atoms with van der Waals surface area (Å²) in [4.78, 5) is 15.2. The van der Waals surface area contributed by atoms with Crippen LogP contribution in [0.4, 0.5) is 5.69 Å². The van der Waals surface area contributed by atoms with Crippen LogP contribution in [0.5, 0.6) is 23.0 Å². The van der Waals surface area contributed by atoms with E-state index < -0.39 is 0 Å². The molecule has 2 aromatic carbocycles. The molecule has 3 heterocycles. The highest BCUT2D eigenvalue weighted by Crippen LogP contribution is 2.36. The number of hydrogen-bond donors (Lipinski definition) is 2. The van der Waals surface area contributed by atoms with Crippen molar-refractivity contribution in [3.8, 4) is 23.0 Å². The first-order chi connectivity index (χ1) is 12.3. The average Bonchev–Trinajstić information content (AvgIpc) is 3.26. The van der Waals surface area contributed by atoms with Gasteiger partial charge in [-0.2, -0.15) is 0 Å². The SMILES string of the molecule is O=c1[nH]c2cc3c(cc2cc1CNc1ccc2c(c1)OCO2)OCO3. The normalized spacial score (nSPS) is 14.1. The Labute approximate surface area is 142 Å². The Bertz CT molecular complexity index is 1040. The van der Waals surface area contributed by atoms with Crippen LogP contribution < -0.4 is 29.8 Å². The molecule has 0 bridgehead atoms. The lowest BCUT2D eigenvalue weighted by Gasteiger charge is -2.08. The van der Waals surface area contributed by atoms with E-state index in [0.717, 1.165) is 22.3 Å². The van der Waals surface area contributed by atoms with Gasteiger partial charge in [0.05, 0.1) is 5.52 Å². The van der Waals surface area contributed by atoms with E-state index in [-0.39, 0.29) is 19.1 Å². The molecule has 7 heteroatoms. The molecule has 126 valence electrons. The summed E-state index contributed by atoms with van der Waals surface area (Å²) in [5.41, 5.74) is 2.07. The Morgan fingerprint density at radius 1 is 0.880 bits per heavy atom. The fourth-order valence-corrected chi connectivity index (χ4v) is 2.98. The summed E-state index contributed by atoms with van der Waals surface area (Å²) < 4.78 is 21.4. The van der Waals surface area contributed by atoms with E-state index in [4.69, 9.17) is 18.9 Å². The van der Waals surface area contributed by atoms with Gasteiger partial charge in [0.2, 0.25) is 13.6 Å². The molecule has 2 aliphatic rings. The molecular formula is C18H14N2O5. The number of fused-ring (bicyclic) bond motifs is 3. The first-order valence-corrected chi connectivity index (χ1v) is 7.85. The fraction of sp³-hybridized carbons (Fsp3) is 0.167. The van der Waals surface area contributed by atoms with Gasteiger partial charge in [0, 0.05) is 35.3 Å². The van der Waals surface area contributed by atoms with Gasteiger partial charge in [-0.05, 0) is 24.3 Å². The van der Waals surface area contributed by atoms with Gasteiger partial charge in [-0.25, -0.2) is 0 Å². The number of pyridine rings is 1. The standard InChI is InChI=1S/C18H14N2O5/c21-18-11(7-19-12-1-2-14-16(5-12)24-8-22-14)3-10-4-15-17(25-9-23-15)6-13(10)20-18/h1-6,19H,7-9H2,(H,20,21). The number of benzene rings is 2. The van der Waals surface area contributed by atoms with Gasteiger partial charge in [0.15, 0.2) is 23.0 Å². The zero-order valence-electron chi connectivity index (χ0n) is 13.1. The van der Waals surface area contributed by atoms with Crippen molar-refractivity contribution in [1.29, 1.82) is 0 Å². The molecule has 0 fully saturated rings. The minimum atomic E-state index is -0.139. The number of hydrogen-bond acceptors (Lipinski definition) is 6. The summed E-state index contributed by atoms with van der Waals surface area (Å²) in [5.74, 6) is 2.76. The van der Waals surface area contributed by atoms with Crippen molar-refractivity contribution in [2.24, 2.45) is 0 Å². The van der Waals surface area contributed by atoms with Crippen LogP contribution in [0.25, 0.3) is 10.9 Å². The molecule has 0 saturated carbocycles. The molecule has 3 aromatic rings. The highest BCUT2D eigenvalue weighted by molar-refractivity contribution is 5.83. The van der Waals surface area contributed by atoms with E-state index in [1.807, 2.05) is 30.3 Å². The molecule has 5 rings (SSSR count). The Kier molecular flexibility index (Phi) is 3.00. The van der Waals surface area contributed by atoms with Crippen molar-refractivity contribution in [3.05, 3.63) is 52.3 Å². The predicted molar refractivity (Wildman–Crippen MR) is 90.6 cm³/mol. The average molecular weight is 338 g/mol. The maximum absolute atomic E-state index is 12.3. The maximum atomic E-state index is 12.3. The third kappa shape index (κ3) is 2.40. The largest absolute Gasteiger partial charge is 0.454 e. The van der Waals surface area contributed by atoms with Crippen LogP contribution in [0.1, 0.15) is 5.56 Å². The highest BCUT2D eigenvalue weighted by Gasteiger charge is 2.16. The van der Waals surface area contributed by atoms with Gasteiger partial charge in [-0.3, -0.25) is 4.79 Å². The molecule has 1 aromatic heterocycles. The minimum Gasteiger partial charge on any atom is -0.454 e. The van der Waals surface area contributed by atoms with E-state index in [9.17, 15) is 4.79 Å². The maximum Gasteiger partial charge on any atom is 0.253 e. The van der Waals surface area contributed by atoms with Crippen molar-refractivity contribution in [2.75, 3.05) is 18.9 Å². The van der Waals surface area contributed by atoms with Crippen molar-refractivity contribution in [2.45, 2.75) is 6.54 Å². The Hall–Kier alpha value is -3.35. The highest BCUT2D eigenvalue weighted by atomic mass is 16.7. The van der Waals surface area contributed by atoms with E-state index in [0.29, 0.717) is 29.4 Å². The zero-order chi connectivity index (χ0) is 16.8. The number of aromatic amines is 1. The van der Waals surface area contributed by atoms with Crippen LogP contribution in [0.2, 0.25) is 0 Å². The van der Waals surface area contributed by atoms with E-state index in [2.05, 4.69) is 10.3 Å². The summed E-state index contributed by atoms with van der Waals surface area (Å²) in [6.07, 6.45) is 0. The Morgan fingerprint density at radius 2 is 1.60 bits per heavy atom. The first kappa shape index (κ1) is 14.0. The minimum absolute atomic E-state index is 0.139. The van der Waals surface area contributed by atoms with Gasteiger partial charge >= 0.3 is 0 Å². The number of anilines is 1. The van der Waals surface area contributed by atoms with Crippen LogP contribution in [-0.2, 0) is 6.54 Å². The molecule has 25 heavy (non-hydrogen) atoms. The monoisotopic (exact) mass is 338 g/mol. The van der Waals surface area contributed by atoms with Crippen LogP contribution in [0.15, 0.2) is 41.2 Å². The van der Waals surface area contributed by atoms with Gasteiger partial charge in [0.1, 0.15) is 0 Å².